The van der Waals surface area contributed by atoms with Crippen LogP contribution >= 0.6 is 11.6 Å². The lowest BCUT2D eigenvalue weighted by Gasteiger charge is -2.32. The molecular weight excluding hydrogens is 320 g/mol. The maximum absolute atomic E-state index is 12.6. The zero-order chi connectivity index (χ0) is 17.4. The number of unbranched alkanes of at least 4 members (excludes halogenated alkanes) is 1. The molecule has 0 atom stereocenters. The van der Waals surface area contributed by atoms with Gasteiger partial charge in [-0.3, -0.25) is 4.79 Å². The van der Waals surface area contributed by atoms with E-state index in [0.717, 1.165) is 42.4 Å². The molecule has 1 aromatic carbocycles. The fraction of sp³-hybridized carbons (Fsp3) is 0.650. The van der Waals surface area contributed by atoms with Gasteiger partial charge in [0.1, 0.15) is 0 Å². The zero-order valence-electron chi connectivity index (χ0n) is 15.1. The Hall–Kier alpha value is -1.06. The van der Waals surface area contributed by atoms with Crippen LogP contribution in [0.4, 0.5) is 0 Å². The van der Waals surface area contributed by atoms with Gasteiger partial charge in [0.15, 0.2) is 0 Å². The van der Waals surface area contributed by atoms with E-state index in [-0.39, 0.29) is 5.91 Å². The van der Waals surface area contributed by atoms with Crippen molar-refractivity contribution in [3.63, 3.8) is 0 Å². The molecule has 0 unspecified atom stereocenters. The minimum absolute atomic E-state index is 0.275. The predicted octanol–water partition coefficient (Wildman–Crippen LogP) is 4.59. The molecule has 4 heteroatoms. The monoisotopic (exact) mass is 350 g/mol. The molecule has 0 spiro atoms. The van der Waals surface area contributed by atoms with E-state index in [1.54, 1.807) is 0 Å². The lowest BCUT2D eigenvalue weighted by molar-refractivity contribution is -0.132. The van der Waals surface area contributed by atoms with E-state index < -0.39 is 0 Å². The number of likely N-dealkylation sites (tertiary alicyclic amines) is 1. The Morgan fingerprint density at radius 1 is 1.25 bits per heavy atom. The summed E-state index contributed by atoms with van der Waals surface area (Å²) in [7, 11) is 0. The van der Waals surface area contributed by atoms with Crippen LogP contribution in [0.1, 0.15) is 51.5 Å². The first-order valence-electron chi connectivity index (χ1n) is 9.33. The summed E-state index contributed by atoms with van der Waals surface area (Å²) in [5.74, 6) is 1.12. The lowest BCUT2D eigenvalue weighted by Crippen LogP contribution is -2.41. The Balaban J connectivity index is 1.91. The highest BCUT2D eigenvalue weighted by atomic mass is 35.5. The first-order chi connectivity index (χ1) is 11.6. The summed E-state index contributed by atoms with van der Waals surface area (Å²) >= 11 is 5.97. The van der Waals surface area contributed by atoms with Gasteiger partial charge in [-0.05, 0) is 56.0 Å². The number of nitrogens with zero attached hydrogens (tertiary/aromatic N) is 2. The van der Waals surface area contributed by atoms with Crippen LogP contribution < -0.4 is 0 Å². The molecule has 1 aliphatic rings. The van der Waals surface area contributed by atoms with Gasteiger partial charge in [0, 0.05) is 31.1 Å². The third-order valence-electron chi connectivity index (χ3n) is 4.95. The summed E-state index contributed by atoms with van der Waals surface area (Å²) in [5, 5.41) is 0.741. The fourth-order valence-electron chi connectivity index (χ4n) is 3.14. The van der Waals surface area contributed by atoms with Crippen LogP contribution in [0, 0.1) is 5.92 Å². The van der Waals surface area contributed by atoms with Crippen molar-refractivity contribution in [2.75, 3.05) is 26.2 Å². The fourth-order valence-corrected chi connectivity index (χ4v) is 3.26. The van der Waals surface area contributed by atoms with Crippen LogP contribution in [0.5, 0.6) is 0 Å². The van der Waals surface area contributed by atoms with Gasteiger partial charge < -0.3 is 9.80 Å². The molecule has 0 N–H and O–H groups in total. The van der Waals surface area contributed by atoms with Crippen molar-refractivity contribution < 1.29 is 4.79 Å². The van der Waals surface area contributed by atoms with Crippen molar-refractivity contribution >= 4 is 17.5 Å². The number of carbonyl (C=O) groups excluding carboxylic acids is 1. The number of halogens is 1. The largest absolute Gasteiger partial charge is 0.337 e. The Labute approximate surface area is 152 Å². The van der Waals surface area contributed by atoms with E-state index >= 15 is 0 Å². The van der Waals surface area contributed by atoms with E-state index in [2.05, 4.69) is 18.7 Å². The second kappa shape index (κ2) is 10.0. The number of hydrogen-bond acceptors (Lipinski definition) is 2. The third kappa shape index (κ3) is 6.45. The zero-order valence-corrected chi connectivity index (χ0v) is 15.9. The highest BCUT2D eigenvalue weighted by Gasteiger charge is 2.18. The van der Waals surface area contributed by atoms with Crippen LogP contribution in [0.2, 0.25) is 5.02 Å². The molecule has 0 saturated carbocycles. The summed E-state index contributed by atoms with van der Waals surface area (Å²) < 4.78 is 0. The molecule has 1 aliphatic heterocycles. The van der Waals surface area contributed by atoms with Gasteiger partial charge in [-0.15, -0.1) is 0 Å². The number of hydrogen-bond donors (Lipinski definition) is 0. The van der Waals surface area contributed by atoms with Crippen molar-refractivity contribution in [3.8, 4) is 0 Å². The van der Waals surface area contributed by atoms with Crippen molar-refractivity contribution in [3.05, 3.63) is 34.9 Å². The Morgan fingerprint density at radius 3 is 2.54 bits per heavy atom. The highest BCUT2D eigenvalue weighted by molar-refractivity contribution is 6.30. The second-order valence-corrected chi connectivity index (χ2v) is 7.51. The molecule has 1 heterocycles. The van der Waals surface area contributed by atoms with Crippen molar-refractivity contribution in [2.24, 2.45) is 5.92 Å². The van der Waals surface area contributed by atoms with Gasteiger partial charge in [-0.2, -0.15) is 0 Å². The molecule has 1 aromatic rings. The summed E-state index contributed by atoms with van der Waals surface area (Å²) in [6.45, 7) is 9.28. The maximum Gasteiger partial charge on any atom is 0.222 e. The average molecular weight is 351 g/mol. The molecule has 0 bridgehead atoms. The third-order valence-corrected chi connectivity index (χ3v) is 5.20. The first kappa shape index (κ1) is 19.3. The SMILES string of the molecule is CCCCC(=O)N(CCN1CCC(C)CC1)Cc1ccc(Cl)cc1. The normalized spacial score (nSPS) is 16.3. The lowest BCUT2D eigenvalue weighted by atomic mass is 9.99. The van der Waals surface area contributed by atoms with Gasteiger partial charge in [-0.1, -0.05) is 44.0 Å². The number of carbonyl (C=O) groups is 1. The molecule has 0 aromatic heterocycles. The molecule has 1 amide bonds. The smallest absolute Gasteiger partial charge is 0.222 e. The minimum atomic E-state index is 0.275. The van der Waals surface area contributed by atoms with E-state index in [0.29, 0.717) is 13.0 Å². The van der Waals surface area contributed by atoms with E-state index in [1.165, 1.54) is 25.9 Å². The van der Waals surface area contributed by atoms with Crippen molar-refractivity contribution in [2.45, 2.75) is 52.5 Å². The highest BCUT2D eigenvalue weighted by Crippen LogP contribution is 2.17. The van der Waals surface area contributed by atoms with Gasteiger partial charge in [0.05, 0.1) is 0 Å². The average Bonchev–Trinajstić information content (AvgIpc) is 2.59. The number of amides is 1. The summed E-state index contributed by atoms with van der Waals surface area (Å²) in [4.78, 5) is 17.1. The van der Waals surface area contributed by atoms with Crippen LogP contribution in [0.25, 0.3) is 0 Å². The molecule has 1 fully saturated rings. The van der Waals surface area contributed by atoms with Gasteiger partial charge in [0.25, 0.3) is 0 Å². The Bertz CT molecular complexity index is 495. The van der Waals surface area contributed by atoms with Gasteiger partial charge >= 0.3 is 0 Å². The number of piperidine rings is 1. The van der Waals surface area contributed by atoms with E-state index in [1.807, 2.05) is 29.2 Å². The first-order valence-corrected chi connectivity index (χ1v) is 9.71. The standard InChI is InChI=1S/C20H31ClN2O/c1-3-4-5-20(24)23(16-18-6-8-19(21)9-7-18)15-14-22-12-10-17(2)11-13-22/h6-9,17H,3-5,10-16H2,1-2H3. The molecule has 0 aliphatic carbocycles. The van der Waals surface area contributed by atoms with Crippen LogP contribution in [-0.2, 0) is 11.3 Å². The van der Waals surface area contributed by atoms with Gasteiger partial charge in [0.2, 0.25) is 5.91 Å². The second-order valence-electron chi connectivity index (χ2n) is 7.07. The molecule has 0 radical (unpaired) electrons. The predicted molar refractivity (Wildman–Crippen MR) is 101 cm³/mol. The summed E-state index contributed by atoms with van der Waals surface area (Å²) in [5.41, 5.74) is 1.15. The molecule has 24 heavy (non-hydrogen) atoms. The molecule has 3 nitrogen and oxygen atoms in total. The topological polar surface area (TPSA) is 23.6 Å². The molecule has 1 saturated heterocycles. The molecule has 134 valence electrons. The maximum atomic E-state index is 12.6. The molecule has 2 rings (SSSR count). The van der Waals surface area contributed by atoms with Crippen LogP contribution in [-0.4, -0.2) is 41.9 Å². The Morgan fingerprint density at radius 2 is 1.92 bits per heavy atom. The van der Waals surface area contributed by atoms with E-state index in [4.69, 9.17) is 11.6 Å². The van der Waals surface area contributed by atoms with Gasteiger partial charge in [-0.25, -0.2) is 0 Å². The summed E-state index contributed by atoms with van der Waals surface area (Å²) in [6, 6.07) is 7.84. The van der Waals surface area contributed by atoms with E-state index in [9.17, 15) is 4.79 Å². The van der Waals surface area contributed by atoms with Crippen molar-refractivity contribution in [1.82, 2.24) is 9.80 Å². The van der Waals surface area contributed by atoms with Crippen LogP contribution in [0.3, 0.4) is 0 Å². The van der Waals surface area contributed by atoms with Crippen molar-refractivity contribution in [1.29, 1.82) is 0 Å². The summed E-state index contributed by atoms with van der Waals surface area (Å²) in [6.07, 6.45) is 5.24. The van der Waals surface area contributed by atoms with Crippen LogP contribution in [0.15, 0.2) is 24.3 Å². The number of benzene rings is 1. The number of rotatable bonds is 8. The minimum Gasteiger partial charge on any atom is -0.337 e. The molecular formula is C20H31ClN2O. The quantitative estimate of drug-likeness (QED) is 0.684. The Kier molecular flexibility index (Phi) is 8.07.